The Morgan fingerprint density at radius 1 is 1.17 bits per heavy atom. The van der Waals surface area contributed by atoms with Gasteiger partial charge in [-0.25, -0.2) is 4.79 Å². The first-order valence-corrected chi connectivity index (χ1v) is 8.15. The van der Waals surface area contributed by atoms with Gasteiger partial charge in [0.15, 0.2) is 0 Å². The van der Waals surface area contributed by atoms with Crippen LogP contribution in [0.4, 0.5) is 4.79 Å². The number of amides is 1. The molecule has 2 aromatic rings. The van der Waals surface area contributed by atoms with Crippen molar-refractivity contribution in [2.45, 2.75) is 39.2 Å². The Balaban J connectivity index is 2.28. The third kappa shape index (κ3) is 3.84. The lowest BCUT2D eigenvalue weighted by molar-refractivity contribution is -0.141. The highest BCUT2D eigenvalue weighted by molar-refractivity contribution is 5.86. The number of rotatable bonds is 7. The van der Waals surface area contributed by atoms with Crippen molar-refractivity contribution in [1.82, 2.24) is 14.7 Å². The van der Waals surface area contributed by atoms with Crippen LogP contribution in [0.15, 0.2) is 29.1 Å². The van der Waals surface area contributed by atoms with Gasteiger partial charge in [0.1, 0.15) is 6.54 Å². The van der Waals surface area contributed by atoms with Crippen molar-refractivity contribution in [2.24, 2.45) is 0 Å². The van der Waals surface area contributed by atoms with Gasteiger partial charge in [0, 0.05) is 6.54 Å². The highest BCUT2D eigenvalue weighted by Crippen LogP contribution is 2.11. The summed E-state index contributed by atoms with van der Waals surface area (Å²) in [5.41, 5.74) is 0.0783. The number of nitrogens with zero attached hydrogens (tertiary/aromatic N) is 2. The maximum Gasteiger partial charge on any atom is 0.343 e. The number of ether oxygens (including phenoxy) is 1. The molecule has 0 saturated carbocycles. The molecular formula is C17H23N3O4. The van der Waals surface area contributed by atoms with Gasteiger partial charge in [0.25, 0.3) is 5.56 Å². The Bertz CT molecular complexity index is 776. The molecular weight excluding hydrogens is 310 g/mol. The van der Waals surface area contributed by atoms with Crippen molar-refractivity contribution in [2.75, 3.05) is 13.7 Å². The molecule has 1 aromatic heterocycles. The Morgan fingerprint density at radius 2 is 1.92 bits per heavy atom. The molecule has 0 saturated heterocycles. The number of aromatic nitrogens is 2. The lowest BCUT2D eigenvalue weighted by Gasteiger charge is -2.11. The first-order chi connectivity index (χ1) is 11.6. The van der Waals surface area contributed by atoms with Crippen LogP contribution in [0.25, 0.3) is 10.9 Å². The number of methoxy groups -OCH3 is 1. The van der Waals surface area contributed by atoms with Crippen LogP contribution in [0, 0.1) is 0 Å². The Kier molecular flexibility index (Phi) is 6.17. The van der Waals surface area contributed by atoms with Crippen molar-refractivity contribution >= 4 is 22.9 Å². The summed E-state index contributed by atoms with van der Waals surface area (Å²) in [6, 6.07) is 6.28. The van der Waals surface area contributed by atoms with Gasteiger partial charge < -0.3 is 10.1 Å². The summed E-state index contributed by atoms with van der Waals surface area (Å²) in [6.07, 6.45) is 4.10. The Morgan fingerprint density at radius 3 is 2.62 bits per heavy atom. The fourth-order valence-corrected chi connectivity index (χ4v) is 2.58. The average Bonchev–Trinajstić information content (AvgIpc) is 2.87. The van der Waals surface area contributed by atoms with E-state index < -0.39 is 17.6 Å². The molecule has 7 nitrogen and oxygen atoms in total. The Hall–Kier alpha value is -2.57. The number of hydrogen-bond donors (Lipinski definition) is 1. The number of hydrogen-bond acceptors (Lipinski definition) is 4. The maximum atomic E-state index is 12.5. The lowest BCUT2D eigenvalue weighted by atomic mass is 10.2. The molecule has 130 valence electrons. The lowest BCUT2D eigenvalue weighted by Crippen LogP contribution is -2.39. The number of unbranched alkanes of at least 4 members (excludes halogenated alkanes) is 3. The maximum absolute atomic E-state index is 12.5. The predicted molar refractivity (Wildman–Crippen MR) is 91.2 cm³/mol. The minimum absolute atomic E-state index is 0.206. The van der Waals surface area contributed by atoms with Crippen LogP contribution >= 0.6 is 0 Å². The normalized spacial score (nSPS) is 10.8. The summed E-state index contributed by atoms with van der Waals surface area (Å²) in [5, 5.41) is 3.13. The van der Waals surface area contributed by atoms with E-state index in [4.69, 9.17) is 0 Å². The molecule has 0 unspecified atom stereocenters. The van der Waals surface area contributed by atoms with E-state index >= 15 is 0 Å². The molecule has 2 rings (SSSR count). The molecule has 1 N–H and O–H groups in total. The number of carbonyl (C=O) groups is 2. The zero-order chi connectivity index (χ0) is 17.5. The summed E-state index contributed by atoms with van der Waals surface area (Å²) in [6.45, 7) is 2.40. The highest BCUT2D eigenvalue weighted by atomic mass is 16.5. The molecule has 1 amide bonds. The molecule has 0 atom stereocenters. The third-order valence-electron chi connectivity index (χ3n) is 3.85. The summed E-state index contributed by atoms with van der Waals surface area (Å²) in [4.78, 5) is 36.6. The molecule has 0 spiro atoms. The van der Waals surface area contributed by atoms with Crippen LogP contribution in [0.2, 0.25) is 0 Å². The van der Waals surface area contributed by atoms with E-state index in [0.717, 1.165) is 30.4 Å². The van der Waals surface area contributed by atoms with Crippen LogP contribution in [0.3, 0.4) is 0 Å². The molecule has 1 aromatic carbocycles. The SMILES string of the molecule is CCCCCCNC(=O)n1c(=O)c2ccccc2n1CC(=O)OC. The largest absolute Gasteiger partial charge is 0.468 e. The summed E-state index contributed by atoms with van der Waals surface area (Å²) in [5.74, 6) is -0.528. The second kappa shape index (κ2) is 8.33. The summed E-state index contributed by atoms with van der Waals surface area (Å²) in [7, 11) is 1.27. The number of para-hydroxylation sites is 1. The summed E-state index contributed by atoms with van der Waals surface area (Å²) < 4.78 is 6.99. The van der Waals surface area contributed by atoms with Gasteiger partial charge in [-0.3, -0.25) is 14.3 Å². The van der Waals surface area contributed by atoms with Crippen LogP contribution in [-0.4, -0.2) is 35.0 Å². The second-order valence-electron chi connectivity index (χ2n) is 5.56. The average molecular weight is 333 g/mol. The van der Waals surface area contributed by atoms with Crippen LogP contribution in [0.5, 0.6) is 0 Å². The first kappa shape index (κ1) is 17.8. The minimum atomic E-state index is -0.531. The summed E-state index contributed by atoms with van der Waals surface area (Å²) >= 11 is 0. The zero-order valence-electron chi connectivity index (χ0n) is 14.1. The van der Waals surface area contributed by atoms with Crippen molar-refractivity contribution in [3.05, 3.63) is 34.6 Å². The van der Waals surface area contributed by atoms with E-state index in [1.807, 2.05) is 0 Å². The second-order valence-corrected chi connectivity index (χ2v) is 5.56. The van der Waals surface area contributed by atoms with E-state index in [-0.39, 0.29) is 6.54 Å². The van der Waals surface area contributed by atoms with Gasteiger partial charge in [-0.05, 0) is 18.6 Å². The molecule has 1 heterocycles. The quantitative estimate of drug-likeness (QED) is 0.621. The molecule has 0 aliphatic rings. The van der Waals surface area contributed by atoms with Gasteiger partial charge >= 0.3 is 12.0 Å². The number of esters is 1. The molecule has 0 aliphatic carbocycles. The van der Waals surface area contributed by atoms with Gasteiger partial charge in [0.2, 0.25) is 0 Å². The topological polar surface area (TPSA) is 82.3 Å². The van der Waals surface area contributed by atoms with Crippen LogP contribution in [-0.2, 0) is 16.1 Å². The van der Waals surface area contributed by atoms with Gasteiger partial charge in [-0.1, -0.05) is 38.3 Å². The fraction of sp³-hybridized carbons (Fsp3) is 0.471. The minimum Gasteiger partial charge on any atom is -0.468 e. The van der Waals surface area contributed by atoms with Crippen molar-refractivity contribution < 1.29 is 14.3 Å². The van der Waals surface area contributed by atoms with E-state index in [1.165, 1.54) is 11.8 Å². The van der Waals surface area contributed by atoms with Crippen molar-refractivity contribution in [3.63, 3.8) is 0 Å². The highest BCUT2D eigenvalue weighted by Gasteiger charge is 2.20. The van der Waals surface area contributed by atoms with E-state index in [1.54, 1.807) is 24.3 Å². The predicted octanol–water partition coefficient (Wildman–Crippen LogP) is 2.11. The zero-order valence-corrected chi connectivity index (χ0v) is 14.1. The molecule has 0 bridgehead atoms. The molecule has 24 heavy (non-hydrogen) atoms. The molecule has 0 radical (unpaired) electrons. The first-order valence-electron chi connectivity index (χ1n) is 8.15. The van der Waals surface area contributed by atoms with Crippen LogP contribution in [0.1, 0.15) is 32.6 Å². The molecule has 0 aliphatic heterocycles. The van der Waals surface area contributed by atoms with E-state index in [2.05, 4.69) is 17.0 Å². The standard InChI is InChI=1S/C17H23N3O4/c1-3-4-5-8-11-18-17(23)20-16(22)13-9-6-7-10-14(13)19(20)12-15(21)24-2/h6-7,9-10H,3-5,8,11-12H2,1-2H3,(H,18,23). The van der Waals surface area contributed by atoms with Crippen LogP contribution < -0.4 is 10.9 Å². The molecule has 0 fully saturated rings. The third-order valence-corrected chi connectivity index (χ3v) is 3.85. The smallest absolute Gasteiger partial charge is 0.343 e. The van der Waals surface area contributed by atoms with Gasteiger partial charge in [-0.15, -0.1) is 0 Å². The van der Waals surface area contributed by atoms with E-state index in [9.17, 15) is 14.4 Å². The van der Waals surface area contributed by atoms with Gasteiger partial charge in [-0.2, -0.15) is 4.68 Å². The Labute approximate surface area is 140 Å². The molecule has 7 heteroatoms. The van der Waals surface area contributed by atoms with Gasteiger partial charge in [0.05, 0.1) is 18.0 Å². The fourth-order valence-electron chi connectivity index (χ4n) is 2.58. The van der Waals surface area contributed by atoms with Crippen molar-refractivity contribution in [1.29, 1.82) is 0 Å². The monoisotopic (exact) mass is 333 g/mol. The number of carbonyl (C=O) groups excluding carboxylic acids is 2. The number of nitrogens with one attached hydrogen (secondary N) is 1. The number of benzene rings is 1. The number of fused-ring (bicyclic) bond motifs is 1. The van der Waals surface area contributed by atoms with Crippen molar-refractivity contribution in [3.8, 4) is 0 Å². The van der Waals surface area contributed by atoms with E-state index in [0.29, 0.717) is 17.4 Å².